The minimum atomic E-state index is 0.0177. The quantitative estimate of drug-likeness (QED) is 0.733. The Bertz CT molecular complexity index is 495. The number of hydrogen-bond acceptors (Lipinski definition) is 3. The summed E-state index contributed by atoms with van der Waals surface area (Å²) < 4.78 is 5.49. The minimum Gasteiger partial charge on any atom is -0.444 e. The van der Waals surface area contributed by atoms with E-state index in [0.717, 1.165) is 17.0 Å². The zero-order valence-electron chi connectivity index (χ0n) is 10.1. The summed E-state index contributed by atoms with van der Waals surface area (Å²) in [5, 5.41) is 0. The first-order valence-corrected chi connectivity index (χ1v) is 5.36. The summed E-state index contributed by atoms with van der Waals surface area (Å²) in [6.45, 7) is 8.31. The molecule has 2 aromatic heterocycles. The molecule has 0 amide bonds. The van der Waals surface area contributed by atoms with Crippen LogP contribution >= 0.6 is 0 Å². The summed E-state index contributed by atoms with van der Waals surface area (Å²) in [4.78, 5) is 8.65. The van der Waals surface area contributed by atoms with Gasteiger partial charge in [0.2, 0.25) is 5.89 Å². The maximum atomic E-state index is 5.49. The maximum Gasteiger partial charge on any atom is 0.226 e. The van der Waals surface area contributed by atoms with Gasteiger partial charge in [0.05, 0.1) is 5.69 Å². The zero-order valence-corrected chi connectivity index (χ0v) is 10.1. The fourth-order valence-electron chi connectivity index (χ4n) is 1.43. The van der Waals surface area contributed by atoms with Crippen molar-refractivity contribution in [1.82, 2.24) is 9.97 Å². The molecular formula is C13H16N2O. The van der Waals surface area contributed by atoms with Crippen molar-refractivity contribution >= 4 is 0 Å². The lowest BCUT2D eigenvalue weighted by atomic mass is 9.93. The fraction of sp³-hybridized carbons (Fsp3) is 0.385. The Labute approximate surface area is 95.5 Å². The standard InChI is InChI=1S/C13H16N2O/c1-9-7-10(5-6-14-9)12-15-11(8-16-12)13(2,3)4/h5-8H,1-4H3. The van der Waals surface area contributed by atoms with Crippen LogP contribution in [0, 0.1) is 6.92 Å². The van der Waals surface area contributed by atoms with Gasteiger partial charge in [0.25, 0.3) is 0 Å². The Morgan fingerprint density at radius 3 is 2.56 bits per heavy atom. The molecule has 0 fully saturated rings. The number of rotatable bonds is 1. The van der Waals surface area contributed by atoms with Gasteiger partial charge in [-0.2, -0.15) is 0 Å². The van der Waals surface area contributed by atoms with Crippen LogP contribution in [-0.2, 0) is 5.41 Å². The third-order valence-corrected chi connectivity index (χ3v) is 2.42. The third-order valence-electron chi connectivity index (χ3n) is 2.42. The average Bonchev–Trinajstić information content (AvgIpc) is 2.65. The number of oxazole rings is 1. The highest BCUT2D eigenvalue weighted by atomic mass is 16.3. The largest absolute Gasteiger partial charge is 0.444 e. The molecule has 2 rings (SSSR count). The molecule has 3 heteroatoms. The Morgan fingerprint density at radius 1 is 1.25 bits per heavy atom. The van der Waals surface area contributed by atoms with E-state index in [-0.39, 0.29) is 5.41 Å². The lowest BCUT2D eigenvalue weighted by Gasteiger charge is -2.12. The first kappa shape index (κ1) is 10.9. The average molecular weight is 216 g/mol. The van der Waals surface area contributed by atoms with E-state index in [9.17, 15) is 0 Å². The summed E-state index contributed by atoms with van der Waals surface area (Å²) in [6.07, 6.45) is 3.50. The molecule has 16 heavy (non-hydrogen) atoms. The molecule has 0 saturated carbocycles. The molecule has 84 valence electrons. The first-order valence-electron chi connectivity index (χ1n) is 5.36. The highest BCUT2D eigenvalue weighted by Gasteiger charge is 2.19. The maximum absolute atomic E-state index is 5.49. The van der Waals surface area contributed by atoms with E-state index in [4.69, 9.17) is 4.42 Å². The normalized spacial score (nSPS) is 11.8. The molecule has 0 radical (unpaired) electrons. The molecule has 2 aromatic rings. The van der Waals surface area contributed by atoms with E-state index in [1.54, 1.807) is 12.5 Å². The highest BCUT2D eigenvalue weighted by molar-refractivity contribution is 5.53. The minimum absolute atomic E-state index is 0.0177. The molecule has 0 unspecified atom stereocenters. The summed E-state index contributed by atoms with van der Waals surface area (Å²) in [7, 11) is 0. The second kappa shape index (κ2) is 3.74. The number of aromatic nitrogens is 2. The van der Waals surface area contributed by atoms with Crippen molar-refractivity contribution in [3.8, 4) is 11.5 Å². The van der Waals surface area contributed by atoms with Crippen LogP contribution < -0.4 is 0 Å². The molecule has 0 aromatic carbocycles. The Morgan fingerprint density at radius 2 is 2.00 bits per heavy atom. The molecule has 0 atom stereocenters. The summed E-state index contributed by atoms with van der Waals surface area (Å²) in [5.41, 5.74) is 2.93. The van der Waals surface area contributed by atoms with Gasteiger partial charge in [-0.3, -0.25) is 4.98 Å². The van der Waals surface area contributed by atoms with Crippen molar-refractivity contribution in [2.75, 3.05) is 0 Å². The topological polar surface area (TPSA) is 38.9 Å². The highest BCUT2D eigenvalue weighted by Crippen LogP contribution is 2.25. The second-order valence-electron chi connectivity index (χ2n) is 4.97. The van der Waals surface area contributed by atoms with Crippen molar-refractivity contribution in [2.45, 2.75) is 33.1 Å². The van der Waals surface area contributed by atoms with Crippen LogP contribution in [-0.4, -0.2) is 9.97 Å². The van der Waals surface area contributed by atoms with Gasteiger partial charge in [0.1, 0.15) is 6.26 Å². The van der Waals surface area contributed by atoms with Gasteiger partial charge >= 0.3 is 0 Å². The Balaban J connectivity index is 2.39. The lowest BCUT2D eigenvalue weighted by molar-refractivity contribution is 0.543. The predicted molar refractivity (Wildman–Crippen MR) is 63.2 cm³/mol. The molecule has 0 spiro atoms. The Kier molecular flexibility index (Phi) is 2.54. The van der Waals surface area contributed by atoms with E-state index in [0.29, 0.717) is 5.89 Å². The van der Waals surface area contributed by atoms with E-state index in [2.05, 4.69) is 30.7 Å². The van der Waals surface area contributed by atoms with Crippen molar-refractivity contribution in [2.24, 2.45) is 0 Å². The van der Waals surface area contributed by atoms with Crippen LogP contribution in [0.5, 0.6) is 0 Å². The van der Waals surface area contributed by atoms with Crippen LogP contribution in [0.15, 0.2) is 29.0 Å². The third kappa shape index (κ3) is 2.13. The van der Waals surface area contributed by atoms with Crippen LogP contribution in [0.2, 0.25) is 0 Å². The summed E-state index contributed by atoms with van der Waals surface area (Å²) in [6, 6.07) is 3.88. The van der Waals surface area contributed by atoms with Gasteiger partial charge in [-0.1, -0.05) is 20.8 Å². The Hall–Kier alpha value is -1.64. The van der Waals surface area contributed by atoms with Crippen molar-refractivity contribution in [3.63, 3.8) is 0 Å². The van der Waals surface area contributed by atoms with Crippen molar-refractivity contribution in [1.29, 1.82) is 0 Å². The molecule has 0 saturated heterocycles. The molecule has 0 bridgehead atoms. The molecule has 2 heterocycles. The van der Waals surface area contributed by atoms with Crippen LogP contribution in [0.25, 0.3) is 11.5 Å². The zero-order chi connectivity index (χ0) is 11.8. The van der Waals surface area contributed by atoms with Gasteiger partial charge in [-0.15, -0.1) is 0 Å². The van der Waals surface area contributed by atoms with Crippen molar-refractivity contribution < 1.29 is 4.42 Å². The van der Waals surface area contributed by atoms with Crippen molar-refractivity contribution in [3.05, 3.63) is 36.0 Å². The van der Waals surface area contributed by atoms with Gasteiger partial charge < -0.3 is 4.42 Å². The first-order chi connectivity index (χ1) is 7.47. The molecule has 3 nitrogen and oxygen atoms in total. The number of hydrogen-bond donors (Lipinski definition) is 0. The van der Waals surface area contributed by atoms with Crippen LogP contribution in [0.4, 0.5) is 0 Å². The number of aryl methyl sites for hydroxylation is 1. The SMILES string of the molecule is Cc1cc(-c2nc(C(C)(C)C)co2)ccn1. The molecule has 0 N–H and O–H groups in total. The van der Waals surface area contributed by atoms with Gasteiger partial charge in [0.15, 0.2) is 0 Å². The van der Waals surface area contributed by atoms with Gasteiger partial charge in [-0.05, 0) is 19.1 Å². The van der Waals surface area contributed by atoms with E-state index in [1.807, 2.05) is 19.1 Å². The van der Waals surface area contributed by atoms with Crippen LogP contribution in [0.3, 0.4) is 0 Å². The van der Waals surface area contributed by atoms with E-state index < -0.39 is 0 Å². The summed E-state index contributed by atoms with van der Waals surface area (Å²) >= 11 is 0. The molecule has 0 aliphatic heterocycles. The fourth-order valence-corrected chi connectivity index (χ4v) is 1.43. The second-order valence-corrected chi connectivity index (χ2v) is 4.97. The van der Waals surface area contributed by atoms with E-state index >= 15 is 0 Å². The predicted octanol–water partition coefficient (Wildman–Crippen LogP) is 3.34. The number of pyridine rings is 1. The lowest BCUT2D eigenvalue weighted by Crippen LogP contribution is -2.11. The monoisotopic (exact) mass is 216 g/mol. The number of nitrogens with zero attached hydrogens (tertiary/aromatic N) is 2. The summed E-state index contributed by atoms with van der Waals surface area (Å²) in [5.74, 6) is 0.662. The van der Waals surface area contributed by atoms with Gasteiger partial charge in [0, 0.05) is 22.9 Å². The molecule has 0 aliphatic carbocycles. The smallest absolute Gasteiger partial charge is 0.226 e. The van der Waals surface area contributed by atoms with Gasteiger partial charge in [-0.25, -0.2) is 4.98 Å². The van der Waals surface area contributed by atoms with Crippen LogP contribution in [0.1, 0.15) is 32.2 Å². The molecular weight excluding hydrogens is 200 g/mol. The van der Waals surface area contributed by atoms with E-state index in [1.165, 1.54) is 0 Å². The molecule has 0 aliphatic rings.